The van der Waals surface area contributed by atoms with E-state index in [9.17, 15) is 17.6 Å². The Bertz CT molecular complexity index is 1970. The predicted molar refractivity (Wildman–Crippen MR) is 176 cm³/mol. The Morgan fingerprint density at radius 1 is 1.00 bits per heavy atom. The lowest BCUT2D eigenvalue weighted by atomic mass is 10.1. The zero-order valence-electron chi connectivity index (χ0n) is 24.0. The molecule has 3 heterocycles. The molecule has 0 aliphatic carbocycles. The monoisotopic (exact) mass is 630 g/mol. The molecule has 1 unspecified atom stereocenters. The van der Waals surface area contributed by atoms with Gasteiger partial charge in [0.1, 0.15) is 21.5 Å². The number of nitrogens with zero attached hydrogens (tertiary/aromatic N) is 4. The van der Waals surface area contributed by atoms with E-state index >= 15 is 0 Å². The summed E-state index contributed by atoms with van der Waals surface area (Å²) in [6, 6.07) is 22.5. The molecule has 0 radical (unpaired) electrons. The van der Waals surface area contributed by atoms with Crippen LogP contribution in [0.4, 0.5) is 10.1 Å². The minimum Gasteiger partial charge on any atom is -0.354 e. The lowest BCUT2D eigenvalue weighted by Gasteiger charge is -2.28. The summed E-state index contributed by atoms with van der Waals surface area (Å²) in [4.78, 5) is 20.6. The maximum atomic E-state index is 13.7. The first-order valence-corrected chi connectivity index (χ1v) is 17.5. The molecule has 0 saturated heterocycles. The number of hydrogen-bond donors (Lipinski definition) is 2. The van der Waals surface area contributed by atoms with Crippen molar-refractivity contribution in [3.63, 3.8) is 0 Å². The molecule has 2 N–H and O–H groups in total. The van der Waals surface area contributed by atoms with Gasteiger partial charge in [-0.3, -0.25) is 9.48 Å². The second kappa shape index (κ2) is 12.6. The standard InChI is InChI=1S/C32H31FN6O3S2/c1-44(41,42)15-13-34-30(40)21-43-14-12-28-31(35-22-38(32(28)43)19-23-6-3-2-4-7-23)37-27-10-11-29-25(17-27)18-36-39(29)20-24-8-5-9-26(33)16-24/h2-12,14,16-18,22,37H,13,15,19-21H2,1H3,(H,34,40). The first-order chi connectivity index (χ1) is 21.2. The van der Waals surface area contributed by atoms with Gasteiger partial charge in [-0.1, -0.05) is 42.5 Å². The molecular weight excluding hydrogens is 600 g/mol. The predicted octanol–water partition coefficient (Wildman–Crippen LogP) is 4.48. The zero-order chi connectivity index (χ0) is 30.7. The van der Waals surface area contributed by atoms with Gasteiger partial charge < -0.3 is 15.5 Å². The summed E-state index contributed by atoms with van der Waals surface area (Å²) in [5.41, 5.74) is 4.59. The van der Waals surface area contributed by atoms with E-state index in [0.29, 0.717) is 18.9 Å². The van der Waals surface area contributed by atoms with Crippen LogP contribution in [0.5, 0.6) is 0 Å². The molecule has 0 fully saturated rings. The van der Waals surface area contributed by atoms with Gasteiger partial charge in [-0.2, -0.15) is 5.10 Å². The Labute approximate surface area is 257 Å². The van der Waals surface area contributed by atoms with Crippen LogP contribution in [0.15, 0.2) is 107 Å². The van der Waals surface area contributed by atoms with E-state index in [0.717, 1.165) is 44.5 Å². The van der Waals surface area contributed by atoms with Crippen LogP contribution in [0.25, 0.3) is 10.9 Å². The summed E-state index contributed by atoms with van der Waals surface area (Å²) in [6.45, 7) is 1.13. The van der Waals surface area contributed by atoms with Gasteiger partial charge in [0.15, 0.2) is 0 Å². The number of sulfone groups is 1. The van der Waals surface area contributed by atoms with Crippen molar-refractivity contribution in [2.24, 2.45) is 4.99 Å². The Balaban J connectivity index is 1.25. The molecule has 3 aromatic carbocycles. The molecule has 12 heteroatoms. The molecule has 2 aliphatic heterocycles. The summed E-state index contributed by atoms with van der Waals surface area (Å²) in [5, 5.41) is 13.7. The summed E-state index contributed by atoms with van der Waals surface area (Å²) in [5.74, 6) is 0.302. The number of aromatic nitrogens is 2. The van der Waals surface area contributed by atoms with Gasteiger partial charge in [0.2, 0.25) is 5.91 Å². The van der Waals surface area contributed by atoms with Gasteiger partial charge >= 0.3 is 0 Å². The molecule has 4 aromatic rings. The van der Waals surface area contributed by atoms with Gasteiger partial charge in [-0.25, -0.2) is 17.8 Å². The normalized spacial score (nSPS) is 16.1. The second-order valence-corrected chi connectivity index (χ2v) is 14.7. The van der Waals surface area contributed by atoms with Crippen LogP contribution in [-0.4, -0.2) is 64.6 Å². The molecule has 0 saturated carbocycles. The van der Waals surface area contributed by atoms with Crippen molar-refractivity contribution in [2.45, 2.75) is 13.1 Å². The first kappa shape index (κ1) is 29.5. The molecule has 0 spiro atoms. The van der Waals surface area contributed by atoms with Crippen LogP contribution >= 0.6 is 10.5 Å². The Morgan fingerprint density at radius 2 is 1.82 bits per heavy atom. The molecule has 1 aromatic heterocycles. The van der Waals surface area contributed by atoms with Crippen molar-refractivity contribution >= 4 is 54.1 Å². The fourth-order valence-corrected chi connectivity index (χ4v) is 7.45. The van der Waals surface area contributed by atoms with E-state index in [4.69, 9.17) is 4.99 Å². The SMILES string of the molecule is CS(=O)(=O)CCNC(=O)CS1=C2C(=C(Nc3ccc4c(cnn4Cc4cccc(F)c4)c3)N=CN2Cc2ccccc2)C=C1. The van der Waals surface area contributed by atoms with Crippen molar-refractivity contribution in [3.05, 3.63) is 119 Å². The highest BCUT2D eigenvalue weighted by Gasteiger charge is 2.27. The number of anilines is 1. The van der Waals surface area contributed by atoms with E-state index in [-0.39, 0.29) is 29.8 Å². The van der Waals surface area contributed by atoms with Crippen LogP contribution < -0.4 is 10.6 Å². The van der Waals surface area contributed by atoms with Gasteiger partial charge in [0, 0.05) is 36.0 Å². The molecule has 2 aliphatic rings. The number of carbonyl (C=O) groups excluding carboxylic acids is 1. The van der Waals surface area contributed by atoms with Gasteiger partial charge in [-0.15, -0.1) is 10.5 Å². The number of nitrogens with one attached hydrogen (secondary N) is 2. The summed E-state index contributed by atoms with van der Waals surface area (Å²) < 4.78 is 38.5. The highest BCUT2D eigenvalue weighted by molar-refractivity contribution is 8.19. The number of rotatable bonds is 11. The second-order valence-electron chi connectivity index (χ2n) is 10.6. The van der Waals surface area contributed by atoms with Crippen molar-refractivity contribution < 1.29 is 17.6 Å². The number of hydrogen-bond acceptors (Lipinski definition) is 7. The van der Waals surface area contributed by atoms with Gasteiger partial charge in [0.25, 0.3) is 0 Å². The number of amides is 1. The van der Waals surface area contributed by atoms with Crippen LogP contribution in [-0.2, 0) is 27.7 Å². The van der Waals surface area contributed by atoms with E-state index in [2.05, 4.69) is 20.6 Å². The quantitative estimate of drug-likeness (QED) is 0.237. The Morgan fingerprint density at radius 3 is 2.61 bits per heavy atom. The number of carbonyl (C=O) groups is 1. The third-order valence-electron chi connectivity index (χ3n) is 7.12. The lowest BCUT2D eigenvalue weighted by Crippen LogP contribution is -2.35. The highest BCUT2D eigenvalue weighted by Crippen LogP contribution is 2.35. The third-order valence-corrected chi connectivity index (χ3v) is 10.1. The van der Waals surface area contributed by atoms with E-state index < -0.39 is 20.3 Å². The fourth-order valence-electron chi connectivity index (χ4n) is 5.07. The number of halogens is 1. The Kier molecular flexibility index (Phi) is 8.45. The van der Waals surface area contributed by atoms with Crippen molar-refractivity contribution in [1.82, 2.24) is 20.0 Å². The number of benzene rings is 3. The molecule has 226 valence electrons. The number of fused-ring (bicyclic) bond motifs is 2. The fraction of sp³-hybridized carbons (Fsp3) is 0.188. The summed E-state index contributed by atoms with van der Waals surface area (Å²) in [7, 11) is -3.72. The van der Waals surface area contributed by atoms with Crippen LogP contribution in [0.1, 0.15) is 11.1 Å². The van der Waals surface area contributed by atoms with Crippen molar-refractivity contribution in [2.75, 3.05) is 29.6 Å². The third kappa shape index (κ3) is 6.98. The largest absolute Gasteiger partial charge is 0.354 e. The Hall–Kier alpha value is -4.55. The maximum absolute atomic E-state index is 13.7. The molecular formula is C32H31FN6O3S2. The first-order valence-electron chi connectivity index (χ1n) is 14.0. The van der Waals surface area contributed by atoms with E-state index in [1.807, 2.05) is 70.8 Å². The van der Waals surface area contributed by atoms with Crippen molar-refractivity contribution in [3.8, 4) is 0 Å². The molecule has 44 heavy (non-hydrogen) atoms. The van der Waals surface area contributed by atoms with Crippen molar-refractivity contribution in [1.29, 1.82) is 0 Å². The van der Waals surface area contributed by atoms with Crippen LogP contribution in [0.2, 0.25) is 0 Å². The molecule has 9 nitrogen and oxygen atoms in total. The summed E-state index contributed by atoms with van der Waals surface area (Å²) in [6.07, 6.45) is 6.73. The van der Waals surface area contributed by atoms with E-state index in [1.54, 1.807) is 18.6 Å². The molecule has 1 amide bonds. The average Bonchev–Trinajstić information content (AvgIpc) is 3.58. The minimum atomic E-state index is -3.17. The zero-order valence-corrected chi connectivity index (χ0v) is 25.6. The van der Waals surface area contributed by atoms with Gasteiger partial charge in [-0.05, 0) is 52.9 Å². The average molecular weight is 631 g/mol. The molecule has 1 atom stereocenters. The van der Waals surface area contributed by atoms with Crippen LogP contribution in [0, 0.1) is 5.82 Å². The molecule has 0 bridgehead atoms. The molecule has 6 rings (SSSR count). The lowest BCUT2D eigenvalue weighted by molar-refractivity contribution is -0.118. The topological polar surface area (TPSA) is 109 Å². The maximum Gasteiger partial charge on any atom is 0.229 e. The minimum absolute atomic E-state index is 0.0832. The highest BCUT2D eigenvalue weighted by atomic mass is 32.2. The van der Waals surface area contributed by atoms with Gasteiger partial charge in [0.05, 0.1) is 41.1 Å². The smallest absolute Gasteiger partial charge is 0.229 e. The van der Waals surface area contributed by atoms with Crippen LogP contribution in [0.3, 0.4) is 0 Å². The summed E-state index contributed by atoms with van der Waals surface area (Å²) >= 11 is 0. The van der Waals surface area contributed by atoms with E-state index in [1.165, 1.54) is 12.1 Å². The number of aliphatic imine (C=N–C) groups is 1.